The molecule has 2 aliphatic heterocycles. The Morgan fingerprint density at radius 1 is 1.20 bits per heavy atom. The summed E-state index contributed by atoms with van der Waals surface area (Å²) >= 11 is 1.65. The second-order valence-electron chi connectivity index (χ2n) is 6.99. The number of aromatic nitrogens is 1. The molecule has 5 nitrogen and oxygen atoms in total. The van der Waals surface area contributed by atoms with Gasteiger partial charge >= 0.3 is 0 Å². The van der Waals surface area contributed by atoms with E-state index < -0.39 is 10.0 Å². The van der Waals surface area contributed by atoms with Crippen LogP contribution in [0.2, 0.25) is 0 Å². The fourth-order valence-electron chi connectivity index (χ4n) is 4.23. The van der Waals surface area contributed by atoms with E-state index in [-0.39, 0.29) is 23.1 Å². The lowest BCUT2D eigenvalue weighted by molar-refractivity contribution is 0.187. The van der Waals surface area contributed by atoms with E-state index >= 15 is 0 Å². The molecule has 2 aromatic rings. The fourth-order valence-corrected chi connectivity index (χ4v) is 6.60. The number of pyridine rings is 1. The maximum absolute atomic E-state index is 12.6. The van der Waals surface area contributed by atoms with Gasteiger partial charge in [0.25, 0.3) is 5.56 Å². The first-order valence-corrected chi connectivity index (χ1v) is 11.2. The predicted molar refractivity (Wildman–Crippen MR) is 101 cm³/mol. The van der Waals surface area contributed by atoms with Crippen molar-refractivity contribution in [1.29, 1.82) is 0 Å². The van der Waals surface area contributed by atoms with Gasteiger partial charge in [-0.05, 0) is 36.3 Å². The zero-order chi connectivity index (χ0) is 17.6. The molecule has 0 spiro atoms. The molecule has 2 aliphatic rings. The van der Waals surface area contributed by atoms with E-state index in [1.165, 1.54) is 0 Å². The van der Waals surface area contributed by atoms with Crippen molar-refractivity contribution < 1.29 is 8.42 Å². The Hall–Kier alpha value is -1.44. The third kappa shape index (κ3) is 2.98. The van der Waals surface area contributed by atoms with Crippen LogP contribution >= 0.6 is 11.3 Å². The molecule has 7 heteroatoms. The van der Waals surface area contributed by atoms with Crippen molar-refractivity contribution in [1.82, 2.24) is 8.87 Å². The van der Waals surface area contributed by atoms with Gasteiger partial charge < -0.3 is 4.57 Å². The summed E-state index contributed by atoms with van der Waals surface area (Å²) in [5.74, 6) is 0.505. The Morgan fingerprint density at radius 2 is 2.04 bits per heavy atom. The zero-order valence-electron chi connectivity index (χ0n) is 14.2. The smallest absolute Gasteiger partial charge is 0.250 e. The third-order valence-electron chi connectivity index (χ3n) is 5.20. The van der Waals surface area contributed by atoms with Gasteiger partial charge in [0.1, 0.15) is 0 Å². The van der Waals surface area contributed by atoms with E-state index in [0.717, 1.165) is 22.6 Å². The van der Waals surface area contributed by atoms with Crippen LogP contribution in [0.1, 0.15) is 31.4 Å². The van der Waals surface area contributed by atoms with Crippen molar-refractivity contribution in [2.24, 2.45) is 5.92 Å². The average Bonchev–Trinajstić information content (AvgIpc) is 3.10. The molecule has 0 amide bonds. The maximum atomic E-state index is 12.6. The van der Waals surface area contributed by atoms with Gasteiger partial charge in [0.2, 0.25) is 10.0 Å². The van der Waals surface area contributed by atoms with Crippen LogP contribution < -0.4 is 5.56 Å². The van der Waals surface area contributed by atoms with Crippen molar-refractivity contribution in [3.05, 3.63) is 45.7 Å². The van der Waals surface area contributed by atoms with Gasteiger partial charge in [-0.1, -0.05) is 13.0 Å². The fraction of sp³-hybridized carbons (Fsp3) is 0.500. The maximum Gasteiger partial charge on any atom is 0.250 e. The van der Waals surface area contributed by atoms with Crippen molar-refractivity contribution in [2.75, 3.05) is 18.8 Å². The van der Waals surface area contributed by atoms with Gasteiger partial charge in [0, 0.05) is 47.8 Å². The molecule has 2 bridgehead atoms. The molecule has 0 saturated carbocycles. The number of nitrogens with zero attached hydrogens (tertiary/aromatic N) is 2. The summed E-state index contributed by atoms with van der Waals surface area (Å²) in [6.45, 7) is 3.53. The lowest BCUT2D eigenvalue weighted by Gasteiger charge is -2.42. The first-order valence-electron chi connectivity index (χ1n) is 8.75. The number of thiophene rings is 1. The molecular formula is C18H22N2O3S2. The molecule has 2 atom stereocenters. The predicted octanol–water partition coefficient (Wildman–Crippen LogP) is 2.74. The zero-order valence-corrected chi connectivity index (χ0v) is 15.9. The summed E-state index contributed by atoms with van der Waals surface area (Å²) in [4.78, 5) is 13.6. The molecule has 1 saturated heterocycles. The molecular weight excluding hydrogens is 356 g/mol. The van der Waals surface area contributed by atoms with E-state index in [4.69, 9.17) is 0 Å². The summed E-state index contributed by atoms with van der Waals surface area (Å²) in [7, 11) is -3.21. The minimum Gasteiger partial charge on any atom is -0.311 e. The lowest BCUT2D eigenvalue weighted by atomic mass is 9.82. The van der Waals surface area contributed by atoms with Crippen LogP contribution in [0.25, 0.3) is 10.4 Å². The van der Waals surface area contributed by atoms with Gasteiger partial charge in [0.15, 0.2) is 0 Å². The minimum absolute atomic E-state index is 0.0230. The molecule has 25 heavy (non-hydrogen) atoms. The quantitative estimate of drug-likeness (QED) is 0.822. The standard InChI is InChI=1S/C18H22N2O3S2/c1-2-8-25(22,23)19-10-13-9-14(12-19)18-15(16-4-3-7-24-16)5-6-17(21)20(18)11-13/h3-7,13-14H,2,8-12H2,1H3. The van der Waals surface area contributed by atoms with Crippen LogP contribution in [-0.2, 0) is 16.6 Å². The molecule has 4 heterocycles. The average molecular weight is 379 g/mol. The van der Waals surface area contributed by atoms with E-state index in [2.05, 4.69) is 6.07 Å². The summed E-state index contributed by atoms with van der Waals surface area (Å²) in [5.41, 5.74) is 2.12. The Balaban J connectivity index is 1.79. The highest BCUT2D eigenvalue weighted by Crippen LogP contribution is 2.41. The van der Waals surface area contributed by atoms with Crippen LogP contribution in [0, 0.1) is 5.92 Å². The summed E-state index contributed by atoms with van der Waals surface area (Å²) in [6, 6.07) is 7.61. The van der Waals surface area contributed by atoms with Crippen molar-refractivity contribution in [2.45, 2.75) is 32.2 Å². The number of hydrogen-bond donors (Lipinski definition) is 0. The van der Waals surface area contributed by atoms with Crippen LogP contribution in [0.3, 0.4) is 0 Å². The molecule has 1 fully saturated rings. The van der Waals surface area contributed by atoms with Gasteiger partial charge in [-0.15, -0.1) is 11.3 Å². The van der Waals surface area contributed by atoms with Crippen molar-refractivity contribution in [3.63, 3.8) is 0 Å². The second kappa shape index (κ2) is 6.37. The topological polar surface area (TPSA) is 59.4 Å². The van der Waals surface area contributed by atoms with Crippen molar-refractivity contribution in [3.8, 4) is 10.4 Å². The summed E-state index contributed by atoms with van der Waals surface area (Å²) < 4.78 is 28.7. The highest BCUT2D eigenvalue weighted by molar-refractivity contribution is 7.89. The molecule has 2 unspecified atom stereocenters. The Kier molecular flexibility index (Phi) is 4.33. The first kappa shape index (κ1) is 17.0. The third-order valence-corrected chi connectivity index (χ3v) is 8.11. The van der Waals surface area contributed by atoms with Gasteiger partial charge in [-0.3, -0.25) is 4.79 Å². The summed E-state index contributed by atoms with van der Waals surface area (Å²) in [6.07, 6.45) is 1.59. The monoisotopic (exact) mass is 378 g/mol. The Bertz CT molecular complexity index is 932. The lowest BCUT2D eigenvalue weighted by Crippen LogP contribution is -2.49. The molecule has 0 aromatic carbocycles. The van der Waals surface area contributed by atoms with E-state index in [9.17, 15) is 13.2 Å². The molecule has 0 radical (unpaired) electrons. The van der Waals surface area contributed by atoms with E-state index in [1.807, 2.05) is 29.0 Å². The summed E-state index contributed by atoms with van der Waals surface area (Å²) in [5, 5.41) is 2.03. The van der Waals surface area contributed by atoms with Crippen LogP contribution in [0.4, 0.5) is 0 Å². The van der Waals surface area contributed by atoms with E-state index in [1.54, 1.807) is 21.7 Å². The highest BCUT2D eigenvalue weighted by Gasteiger charge is 2.39. The normalized spacial score (nSPS) is 23.4. The van der Waals surface area contributed by atoms with Crippen LogP contribution in [0.15, 0.2) is 34.4 Å². The van der Waals surface area contributed by atoms with Crippen LogP contribution in [0.5, 0.6) is 0 Å². The molecule has 4 rings (SSSR count). The SMILES string of the molecule is CCCS(=O)(=O)N1CC2CC(C1)c1c(-c3cccs3)ccc(=O)n1C2. The highest BCUT2D eigenvalue weighted by atomic mass is 32.2. The number of rotatable bonds is 4. The number of piperidine rings is 1. The molecule has 134 valence electrons. The van der Waals surface area contributed by atoms with Gasteiger partial charge in [0.05, 0.1) is 5.75 Å². The van der Waals surface area contributed by atoms with E-state index in [0.29, 0.717) is 26.1 Å². The molecule has 0 aliphatic carbocycles. The van der Waals surface area contributed by atoms with Gasteiger partial charge in [-0.2, -0.15) is 0 Å². The van der Waals surface area contributed by atoms with Gasteiger partial charge in [-0.25, -0.2) is 12.7 Å². The number of fused-ring (bicyclic) bond motifs is 4. The Labute approximate surface area is 152 Å². The number of sulfonamides is 1. The molecule has 2 aromatic heterocycles. The Morgan fingerprint density at radius 3 is 2.76 bits per heavy atom. The largest absolute Gasteiger partial charge is 0.311 e. The first-order chi connectivity index (χ1) is 12.0. The van der Waals surface area contributed by atoms with Crippen molar-refractivity contribution >= 4 is 21.4 Å². The second-order valence-corrected chi connectivity index (χ2v) is 10.0. The number of hydrogen-bond acceptors (Lipinski definition) is 4. The van der Waals surface area contributed by atoms with Crippen LogP contribution in [-0.4, -0.2) is 36.1 Å². The molecule has 0 N–H and O–H groups in total. The minimum atomic E-state index is -3.21.